The highest BCUT2D eigenvalue weighted by atomic mass is 35.5. The minimum absolute atomic E-state index is 0. The molecule has 1 atom stereocenters. The standard InChI is InChI=1S/C21H26N2O4.ClH/c1-2-26-17-7-9-19(10-8-17)27-18-5-3-16(4-6-18)23-21(24)20(22)15-11-13-25-14-12-15;/h3-10,15,20H,2,11-14,22H2,1H3,(H,23,24);1H. The van der Waals surface area contributed by atoms with Crippen molar-refractivity contribution in [2.24, 2.45) is 11.7 Å². The third-order valence-electron chi connectivity index (χ3n) is 4.57. The molecule has 1 saturated heterocycles. The van der Waals surface area contributed by atoms with Gasteiger partial charge in [-0.15, -0.1) is 12.4 Å². The van der Waals surface area contributed by atoms with Gasteiger partial charge in [-0.05, 0) is 74.2 Å². The van der Waals surface area contributed by atoms with Crippen molar-refractivity contribution in [3.63, 3.8) is 0 Å². The number of amides is 1. The highest BCUT2D eigenvalue weighted by Crippen LogP contribution is 2.25. The van der Waals surface area contributed by atoms with Gasteiger partial charge < -0.3 is 25.3 Å². The van der Waals surface area contributed by atoms with Crippen molar-refractivity contribution in [3.8, 4) is 17.2 Å². The van der Waals surface area contributed by atoms with Crippen LogP contribution >= 0.6 is 12.4 Å². The van der Waals surface area contributed by atoms with E-state index in [1.807, 2.05) is 43.3 Å². The lowest BCUT2D eigenvalue weighted by atomic mass is 9.92. The molecule has 7 heteroatoms. The lowest BCUT2D eigenvalue weighted by Crippen LogP contribution is -2.43. The molecule has 0 spiro atoms. The Hall–Kier alpha value is -2.28. The molecule has 2 aromatic rings. The van der Waals surface area contributed by atoms with Crippen LogP contribution in [0.5, 0.6) is 17.2 Å². The first-order valence-electron chi connectivity index (χ1n) is 9.30. The number of nitrogens with two attached hydrogens (primary N) is 1. The number of hydrogen-bond donors (Lipinski definition) is 2. The number of carbonyl (C=O) groups is 1. The number of nitrogens with one attached hydrogen (secondary N) is 1. The largest absolute Gasteiger partial charge is 0.494 e. The number of benzene rings is 2. The first-order chi connectivity index (χ1) is 13.2. The molecule has 1 heterocycles. The second-order valence-electron chi connectivity index (χ2n) is 6.50. The van der Waals surface area contributed by atoms with Crippen molar-refractivity contribution in [1.29, 1.82) is 0 Å². The normalized spacial score (nSPS) is 15.2. The molecule has 3 N–H and O–H groups in total. The van der Waals surface area contributed by atoms with Gasteiger partial charge in [-0.2, -0.15) is 0 Å². The summed E-state index contributed by atoms with van der Waals surface area (Å²) >= 11 is 0. The van der Waals surface area contributed by atoms with Crippen molar-refractivity contribution in [2.45, 2.75) is 25.8 Å². The fraction of sp³-hybridized carbons (Fsp3) is 0.381. The van der Waals surface area contributed by atoms with Crippen LogP contribution in [0.2, 0.25) is 0 Å². The minimum Gasteiger partial charge on any atom is -0.494 e. The van der Waals surface area contributed by atoms with E-state index in [2.05, 4.69) is 5.32 Å². The summed E-state index contributed by atoms with van der Waals surface area (Å²) in [7, 11) is 0. The summed E-state index contributed by atoms with van der Waals surface area (Å²) < 4.78 is 16.5. The van der Waals surface area contributed by atoms with Crippen molar-refractivity contribution >= 4 is 24.0 Å². The fourth-order valence-electron chi connectivity index (χ4n) is 3.03. The van der Waals surface area contributed by atoms with Gasteiger partial charge in [-0.3, -0.25) is 4.79 Å². The molecule has 0 radical (unpaired) electrons. The number of ether oxygens (including phenoxy) is 3. The maximum atomic E-state index is 12.4. The number of anilines is 1. The molecular formula is C21H27ClN2O4. The third-order valence-corrected chi connectivity index (χ3v) is 4.57. The molecule has 1 aliphatic rings. The molecule has 1 fully saturated rings. The first-order valence-corrected chi connectivity index (χ1v) is 9.30. The average Bonchev–Trinajstić information content (AvgIpc) is 2.71. The lowest BCUT2D eigenvalue weighted by molar-refractivity contribution is -0.119. The number of halogens is 1. The van der Waals surface area contributed by atoms with Crippen LogP contribution in [0.25, 0.3) is 0 Å². The van der Waals surface area contributed by atoms with Crippen LogP contribution < -0.4 is 20.5 Å². The fourth-order valence-corrected chi connectivity index (χ4v) is 3.03. The van der Waals surface area contributed by atoms with Gasteiger partial charge >= 0.3 is 0 Å². The highest BCUT2D eigenvalue weighted by Gasteiger charge is 2.26. The van der Waals surface area contributed by atoms with Gasteiger partial charge in [-0.1, -0.05) is 0 Å². The molecule has 0 aliphatic carbocycles. The second-order valence-corrected chi connectivity index (χ2v) is 6.50. The second kappa shape index (κ2) is 10.9. The SMILES string of the molecule is CCOc1ccc(Oc2ccc(NC(=O)C(N)C3CCOCC3)cc2)cc1.Cl. The maximum absolute atomic E-state index is 12.4. The van der Waals surface area contributed by atoms with E-state index in [4.69, 9.17) is 19.9 Å². The summed E-state index contributed by atoms with van der Waals surface area (Å²) in [6.45, 7) is 3.92. The van der Waals surface area contributed by atoms with E-state index in [9.17, 15) is 4.79 Å². The average molecular weight is 407 g/mol. The summed E-state index contributed by atoms with van der Waals surface area (Å²) in [6, 6.07) is 14.2. The summed E-state index contributed by atoms with van der Waals surface area (Å²) in [5.41, 5.74) is 6.80. The zero-order valence-corrected chi connectivity index (χ0v) is 16.7. The maximum Gasteiger partial charge on any atom is 0.241 e. The van der Waals surface area contributed by atoms with Crippen LogP contribution in [0.4, 0.5) is 5.69 Å². The number of hydrogen-bond acceptors (Lipinski definition) is 5. The Bertz CT molecular complexity index is 731. The molecule has 0 saturated carbocycles. The zero-order chi connectivity index (χ0) is 19.1. The van der Waals surface area contributed by atoms with Gasteiger partial charge in [0.1, 0.15) is 17.2 Å². The molecule has 0 bridgehead atoms. The molecule has 152 valence electrons. The van der Waals surface area contributed by atoms with Crippen LogP contribution in [-0.2, 0) is 9.53 Å². The monoisotopic (exact) mass is 406 g/mol. The first kappa shape index (κ1) is 22.0. The van der Waals surface area contributed by atoms with E-state index in [1.165, 1.54) is 0 Å². The van der Waals surface area contributed by atoms with E-state index in [-0.39, 0.29) is 24.2 Å². The summed E-state index contributed by atoms with van der Waals surface area (Å²) in [6.07, 6.45) is 1.65. The van der Waals surface area contributed by atoms with Crippen molar-refractivity contribution in [3.05, 3.63) is 48.5 Å². The van der Waals surface area contributed by atoms with E-state index in [0.717, 1.165) is 24.3 Å². The van der Waals surface area contributed by atoms with Crippen LogP contribution in [-0.4, -0.2) is 31.8 Å². The Balaban J connectivity index is 0.00000280. The smallest absolute Gasteiger partial charge is 0.241 e. The quantitative estimate of drug-likeness (QED) is 0.726. The minimum atomic E-state index is -0.520. The predicted octanol–water partition coefficient (Wildman–Crippen LogP) is 3.99. The van der Waals surface area contributed by atoms with Gasteiger partial charge in [0.15, 0.2) is 0 Å². The number of carbonyl (C=O) groups excluding carboxylic acids is 1. The zero-order valence-electron chi connectivity index (χ0n) is 15.9. The van der Waals surface area contributed by atoms with Gasteiger partial charge in [0.25, 0.3) is 0 Å². The van der Waals surface area contributed by atoms with E-state index in [1.54, 1.807) is 12.1 Å². The van der Waals surface area contributed by atoms with E-state index < -0.39 is 6.04 Å². The Labute approximate surface area is 171 Å². The molecule has 6 nitrogen and oxygen atoms in total. The van der Waals surface area contributed by atoms with Gasteiger partial charge in [-0.25, -0.2) is 0 Å². The highest BCUT2D eigenvalue weighted by molar-refractivity contribution is 5.94. The van der Waals surface area contributed by atoms with E-state index >= 15 is 0 Å². The van der Waals surface area contributed by atoms with Gasteiger partial charge in [0.2, 0.25) is 5.91 Å². The topological polar surface area (TPSA) is 82.8 Å². The molecule has 1 amide bonds. The van der Waals surface area contributed by atoms with Crippen molar-refractivity contribution < 1.29 is 19.0 Å². The van der Waals surface area contributed by atoms with Crippen LogP contribution in [0.15, 0.2) is 48.5 Å². The third kappa shape index (κ3) is 6.12. The number of rotatable bonds is 7. The van der Waals surface area contributed by atoms with E-state index in [0.29, 0.717) is 31.3 Å². The van der Waals surface area contributed by atoms with Crippen LogP contribution in [0.1, 0.15) is 19.8 Å². The molecule has 1 aliphatic heterocycles. The summed E-state index contributed by atoms with van der Waals surface area (Å²) in [4.78, 5) is 12.4. The van der Waals surface area contributed by atoms with Crippen molar-refractivity contribution in [1.82, 2.24) is 0 Å². The molecular weight excluding hydrogens is 380 g/mol. The van der Waals surface area contributed by atoms with Crippen molar-refractivity contribution in [2.75, 3.05) is 25.1 Å². The lowest BCUT2D eigenvalue weighted by Gasteiger charge is -2.26. The molecule has 1 unspecified atom stereocenters. The Morgan fingerprint density at radius 1 is 1.07 bits per heavy atom. The Morgan fingerprint density at radius 2 is 1.61 bits per heavy atom. The molecule has 3 rings (SSSR count). The molecule has 28 heavy (non-hydrogen) atoms. The van der Waals surface area contributed by atoms with Gasteiger partial charge in [0.05, 0.1) is 12.6 Å². The Kier molecular flexibility index (Phi) is 8.57. The summed E-state index contributed by atoms with van der Waals surface area (Å²) in [5, 5.41) is 2.87. The van der Waals surface area contributed by atoms with Crippen LogP contribution in [0, 0.1) is 5.92 Å². The molecule has 0 aromatic heterocycles. The summed E-state index contributed by atoms with van der Waals surface area (Å²) in [5.74, 6) is 2.22. The Morgan fingerprint density at radius 3 is 2.18 bits per heavy atom. The van der Waals surface area contributed by atoms with Gasteiger partial charge in [0, 0.05) is 18.9 Å². The predicted molar refractivity (Wildman–Crippen MR) is 112 cm³/mol. The molecule has 2 aromatic carbocycles. The van der Waals surface area contributed by atoms with Crippen LogP contribution in [0.3, 0.4) is 0 Å².